The number of aromatic nitrogens is 6. The molecule has 4 aromatic rings. The highest BCUT2D eigenvalue weighted by atomic mass is 16.1. The van der Waals surface area contributed by atoms with Crippen LogP contribution in [0.2, 0.25) is 0 Å². The van der Waals surface area contributed by atoms with Crippen molar-refractivity contribution in [2.45, 2.75) is 52.9 Å². The first kappa shape index (κ1) is 24.5. The van der Waals surface area contributed by atoms with E-state index in [-0.39, 0.29) is 12.1 Å². The number of pyridine rings is 2. The zero-order valence-electron chi connectivity index (χ0n) is 21.3. The molecular formula is C26H30N10O. The fraction of sp³-hybridized carbons (Fsp3) is 0.308. The van der Waals surface area contributed by atoms with Gasteiger partial charge >= 0.3 is 0 Å². The van der Waals surface area contributed by atoms with E-state index in [2.05, 4.69) is 53.4 Å². The van der Waals surface area contributed by atoms with Crippen molar-refractivity contribution in [1.29, 1.82) is 0 Å². The van der Waals surface area contributed by atoms with Crippen molar-refractivity contribution in [2.24, 2.45) is 0 Å². The van der Waals surface area contributed by atoms with Gasteiger partial charge in [0.25, 0.3) is 5.91 Å². The first-order valence-corrected chi connectivity index (χ1v) is 12.2. The van der Waals surface area contributed by atoms with Gasteiger partial charge < -0.3 is 10.6 Å². The van der Waals surface area contributed by atoms with Crippen LogP contribution in [0.1, 0.15) is 46.5 Å². The van der Waals surface area contributed by atoms with Gasteiger partial charge in [-0.3, -0.25) is 15.2 Å². The molecule has 0 spiro atoms. The number of rotatable bonds is 7. The summed E-state index contributed by atoms with van der Waals surface area (Å²) in [5.74, 6) is 1.75. The minimum absolute atomic E-state index is 0.0895. The number of carbonyl (C=O) groups excluding carboxylic acids is 1. The first-order valence-electron chi connectivity index (χ1n) is 12.2. The third-order valence-corrected chi connectivity index (χ3v) is 6.01. The van der Waals surface area contributed by atoms with Crippen molar-refractivity contribution in [2.75, 3.05) is 5.32 Å². The zero-order valence-corrected chi connectivity index (χ0v) is 21.3. The summed E-state index contributed by atoms with van der Waals surface area (Å²) < 4.78 is 1.80. The van der Waals surface area contributed by atoms with E-state index in [0.29, 0.717) is 24.1 Å². The SMILES string of the molecule is Cc1cc(NC2CC(C)NN2)nc(-c2ccc(C(=O)NCc3ccc(-n4nc(C)cc4C)nc3)nc2)n1. The van der Waals surface area contributed by atoms with Gasteiger partial charge in [0.05, 0.1) is 11.9 Å². The van der Waals surface area contributed by atoms with Crippen molar-refractivity contribution >= 4 is 11.7 Å². The van der Waals surface area contributed by atoms with Gasteiger partial charge in [0.15, 0.2) is 11.6 Å². The summed E-state index contributed by atoms with van der Waals surface area (Å²) in [7, 11) is 0. The summed E-state index contributed by atoms with van der Waals surface area (Å²) in [6.07, 6.45) is 4.39. The Bertz CT molecular complexity index is 1400. The normalized spacial score (nSPS) is 17.1. The van der Waals surface area contributed by atoms with Gasteiger partial charge in [0, 0.05) is 48.0 Å². The quantitative estimate of drug-likeness (QED) is 0.303. The molecule has 1 fully saturated rings. The van der Waals surface area contributed by atoms with Crippen LogP contribution in [-0.4, -0.2) is 47.8 Å². The van der Waals surface area contributed by atoms with E-state index in [4.69, 9.17) is 0 Å². The number of nitrogens with one attached hydrogen (secondary N) is 4. The second kappa shape index (κ2) is 10.4. The van der Waals surface area contributed by atoms with Crippen LogP contribution in [0.25, 0.3) is 17.2 Å². The molecule has 2 unspecified atom stereocenters. The minimum Gasteiger partial charge on any atom is -0.353 e. The maximum Gasteiger partial charge on any atom is 0.270 e. The van der Waals surface area contributed by atoms with E-state index in [0.717, 1.165) is 46.3 Å². The Labute approximate surface area is 215 Å². The third kappa shape index (κ3) is 5.79. The standard InChI is InChI=1S/C26H30N10O/c1-15-10-22(31-23-11-16(2)33-34-23)32-25(30-15)20-6-7-21(27-14-20)26(37)29-13-19-5-8-24(28-12-19)36-18(4)9-17(3)35-36/h5-10,12,14,16,23,33-34H,11,13H2,1-4H3,(H,29,37)(H,30,31,32). The van der Waals surface area contributed by atoms with E-state index in [1.54, 1.807) is 23.1 Å². The second-order valence-corrected chi connectivity index (χ2v) is 9.32. The van der Waals surface area contributed by atoms with Crippen LogP contribution in [-0.2, 0) is 6.54 Å². The number of hydrogen-bond donors (Lipinski definition) is 4. The highest BCUT2D eigenvalue weighted by Gasteiger charge is 2.20. The van der Waals surface area contributed by atoms with Crippen LogP contribution < -0.4 is 21.5 Å². The summed E-state index contributed by atoms with van der Waals surface area (Å²) >= 11 is 0. The number of amides is 1. The number of carbonyl (C=O) groups is 1. The van der Waals surface area contributed by atoms with Crippen LogP contribution in [0.15, 0.2) is 48.8 Å². The molecule has 190 valence electrons. The lowest BCUT2D eigenvalue weighted by atomic mass is 10.2. The van der Waals surface area contributed by atoms with E-state index in [1.807, 2.05) is 51.1 Å². The summed E-state index contributed by atoms with van der Waals surface area (Å²) in [5.41, 5.74) is 11.1. The monoisotopic (exact) mass is 498 g/mol. The summed E-state index contributed by atoms with van der Waals surface area (Å²) in [6.45, 7) is 8.31. The van der Waals surface area contributed by atoms with Gasteiger partial charge in [-0.25, -0.2) is 25.1 Å². The van der Waals surface area contributed by atoms with Crippen LogP contribution in [0.4, 0.5) is 5.82 Å². The molecule has 1 amide bonds. The molecule has 2 atom stereocenters. The lowest BCUT2D eigenvalue weighted by molar-refractivity contribution is 0.0946. The van der Waals surface area contributed by atoms with Crippen molar-refractivity contribution in [3.05, 3.63) is 77.1 Å². The summed E-state index contributed by atoms with van der Waals surface area (Å²) in [4.78, 5) is 30.7. The number of hydrogen-bond acceptors (Lipinski definition) is 9. The topological polar surface area (TPSA) is 135 Å². The lowest BCUT2D eigenvalue weighted by Crippen LogP contribution is -2.36. The van der Waals surface area contributed by atoms with Gasteiger partial charge in [-0.05, 0) is 63.9 Å². The van der Waals surface area contributed by atoms with E-state index in [9.17, 15) is 4.79 Å². The fourth-order valence-electron chi connectivity index (χ4n) is 4.20. The Kier molecular flexibility index (Phi) is 6.89. The molecule has 4 N–H and O–H groups in total. The number of nitrogens with zero attached hydrogens (tertiary/aromatic N) is 6. The molecule has 1 saturated heterocycles. The van der Waals surface area contributed by atoms with Crippen molar-refractivity contribution in [3.8, 4) is 17.2 Å². The molecule has 1 aliphatic rings. The molecule has 5 rings (SSSR count). The highest BCUT2D eigenvalue weighted by molar-refractivity contribution is 5.92. The van der Waals surface area contributed by atoms with Crippen molar-refractivity contribution in [1.82, 2.24) is 45.9 Å². The molecule has 5 heterocycles. The Balaban J connectivity index is 1.21. The predicted molar refractivity (Wildman–Crippen MR) is 140 cm³/mol. The van der Waals surface area contributed by atoms with Gasteiger partial charge in [0.2, 0.25) is 0 Å². The molecule has 1 aliphatic heterocycles. The summed E-state index contributed by atoms with van der Waals surface area (Å²) in [5, 5.41) is 10.7. The minimum atomic E-state index is -0.268. The Morgan fingerprint density at radius 2 is 1.89 bits per heavy atom. The van der Waals surface area contributed by atoms with Crippen molar-refractivity contribution in [3.63, 3.8) is 0 Å². The number of aryl methyl sites for hydroxylation is 3. The maximum absolute atomic E-state index is 12.7. The average molecular weight is 499 g/mol. The van der Waals surface area contributed by atoms with Crippen LogP contribution in [0.5, 0.6) is 0 Å². The van der Waals surface area contributed by atoms with Gasteiger partial charge in [-0.15, -0.1) is 0 Å². The molecule has 0 aromatic carbocycles. The molecule has 0 saturated carbocycles. The van der Waals surface area contributed by atoms with Gasteiger partial charge in [-0.2, -0.15) is 5.10 Å². The Morgan fingerprint density at radius 3 is 2.54 bits per heavy atom. The van der Waals surface area contributed by atoms with E-state index in [1.165, 1.54) is 0 Å². The summed E-state index contributed by atoms with van der Waals surface area (Å²) in [6, 6.07) is 11.6. The van der Waals surface area contributed by atoms with E-state index < -0.39 is 0 Å². The predicted octanol–water partition coefficient (Wildman–Crippen LogP) is 2.60. The molecule has 37 heavy (non-hydrogen) atoms. The Morgan fingerprint density at radius 1 is 1.03 bits per heavy atom. The maximum atomic E-state index is 12.7. The largest absolute Gasteiger partial charge is 0.353 e. The van der Waals surface area contributed by atoms with Crippen LogP contribution in [0, 0.1) is 20.8 Å². The third-order valence-electron chi connectivity index (χ3n) is 6.01. The molecule has 11 nitrogen and oxygen atoms in total. The van der Waals surface area contributed by atoms with Crippen molar-refractivity contribution < 1.29 is 4.79 Å². The van der Waals surface area contributed by atoms with Crippen LogP contribution in [0.3, 0.4) is 0 Å². The molecule has 0 aliphatic carbocycles. The molecule has 0 bridgehead atoms. The fourth-order valence-corrected chi connectivity index (χ4v) is 4.20. The highest BCUT2D eigenvalue weighted by Crippen LogP contribution is 2.19. The zero-order chi connectivity index (χ0) is 25.9. The first-order chi connectivity index (χ1) is 17.8. The second-order valence-electron chi connectivity index (χ2n) is 9.32. The van der Waals surface area contributed by atoms with E-state index >= 15 is 0 Å². The molecule has 11 heteroatoms. The van der Waals surface area contributed by atoms with Gasteiger partial charge in [0.1, 0.15) is 11.5 Å². The number of hydrazine groups is 1. The number of anilines is 1. The molecular weight excluding hydrogens is 468 g/mol. The van der Waals surface area contributed by atoms with Gasteiger partial charge in [-0.1, -0.05) is 6.07 Å². The lowest BCUT2D eigenvalue weighted by Gasteiger charge is -2.14. The smallest absolute Gasteiger partial charge is 0.270 e. The average Bonchev–Trinajstić information content (AvgIpc) is 3.45. The molecule has 0 radical (unpaired) electrons. The van der Waals surface area contributed by atoms with Crippen LogP contribution >= 0.6 is 0 Å². The Hall–Kier alpha value is -4.22. The molecule has 4 aromatic heterocycles.